The minimum atomic E-state index is -3.54. The molecule has 3 atom stereocenters. The minimum Gasteiger partial charge on any atom is -0.452 e. The maximum absolute atomic E-state index is 12.7. The first-order chi connectivity index (χ1) is 14.3. The van der Waals surface area contributed by atoms with Crippen molar-refractivity contribution in [3.63, 3.8) is 0 Å². The number of carbonyl (C=O) groups is 2. The van der Waals surface area contributed by atoms with E-state index in [0.717, 1.165) is 32.1 Å². The van der Waals surface area contributed by atoms with E-state index in [9.17, 15) is 18.0 Å². The molecule has 0 aromatic heterocycles. The highest BCUT2D eigenvalue weighted by Crippen LogP contribution is 2.29. The van der Waals surface area contributed by atoms with Gasteiger partial charge in [0.1, 0.15) is 0 Å². The minimum absolute atomic E-state index is 0.110. The Kier molecular flexibility index (Phi) is 7.52. The Balaban J connectivity index is 1.52. The van der Waals surface area contributed by atoms with Crippen molar-refractivity contribution < 1.29 is 22.7 Å². The number of nitrogens with one attached hydrogen (secondary N) is 1. The quantitative estimate of drug-likeness (QED) is 0.692. The topological polar surface area (TPSA) is 92.8 Å². The van der Waals surface area contributed by atoms with Gasteiger partial charge < -0.3 is 10.1 Å². The maximum atomic E-state index is 12.7. The fourth-order valence-corrected chi connectivity index (χ4v) is 5.78. The highest BCUT2D eigenvalue weighted by Gasteiger charge is 2.29. The van der Waals surface area contributed by atoms with Crippen LogP contribution >= 0.6 is 0 Å². The lowest BCUT2D eigenvalue weighted by Crippen LogP contribution is -2.45. The van der Waals surface area contributed by atoms with Gasteiger partial charge in [-0.1, -0.05) is 33.1 Å². The summed E-state index contributed by atoms with van der Waals surface area (Å²) in [5, 5.41) is 2.97. The van der Waals surface area contributed by atoms with Gasteiger partial charge in [0.2, 0.25) is 10.0 Å². The lowest BCUT2D eigenvalue weighted by Gasteiger charge is -2.34. The Labute approximate surface area is 179 Å². The Hall–Kier alpha value is -1.93. The summed E-state index contributed by atoms with van der Waals surface area (Å²) < 4.78 is 32.0. The van der Waals surface area contributed by atoms with Gasteiger partial charge in [-0.25, -0.2) is 13.2 Å². The van der Waals surface area contributed by atoms with Crippen LogP contribution in [0.5, 0.6) is 0 Å². The van der Waals surface area contributed by atoms with E-state index in [0.29, 0.717) is 24.9 Å². The molecule has 2 fully saturated rings. The molecule has 0 unspecified atom stereocenters. The number of hydrogen-bond acceptors (Lipinski definition) is 5. The third-order valence-corrected chi connectivity index (χ3v) is 8.34. The third-order valence-electron chi connectivity index (χ3n) is 6.43. The maximum Gasteiger partial charge on any atom is 0.338 e. The van der Waals surface area contributed by atoms with E-state index in [1.54, 1.807) is 0 Å². The predicted octanol–water partition coefficient (Wildman–Crippen LogP) is 2.96. The van der Waals surface area contributed by atoms with Crippen molar-refractivity contribution in [3.05, 3.63) is 29.8 Å². The first-order valence-corrected chi connectivity index (χ1v) is 12.3. The van der Waals surface area contributed by atoms with Crippen molar-refractivity contribution in [1.29, 1.82) is 0 Å². The van der Waals surface area contributed by atoms with Gasteiger partial charge in [-0.05, 0) is 55.4 Å². The highest BCUT2D eigenvalue weighted by molar-refractivity contribution is 7.89. The van der Waals surface area contributed by atoms with E-state index < -0.39 is 16.0 Å². The number of ether oxygens (including phenoxy) is 1. The van der Waals surface area contributed by atoms with Crippen LogP contribution in [0.25, 0.3) is 0 Å². The fourth-order valence-electron chi connectivity index (χ4n) is 4.27. The average Bonchev–Trinajstić information content (AvgIpc) is 2.76. The summed E-state index contributed by atoms with van der Waals surface area (Å²) in [6.45, 7) is 5.04. The van der Waals surface area contributed by atoms with Crippen LogP contribution in [0.2, 0.25) is 0 Å². The van der Waals surface area contributed by atoms with Crippen LogP contribution in [0.15, 0.2) is 29.2 Å². The fraction of sp³-hybridized carbons (Fsp3) is 0.636. The number of carbonyl (C=O) groups excluding carboxylic acids is 2. The predicted molar refractivity (Wildman–Crippen MR) is 113 cm³/mol. The normalized spacial score (nSPS) is 25.5. The van der Waals surface area contributed by atoms with Crippen LogP contribution in [0, 0.1) is 11.8 Å². The molecule has 0 spiro atoms. The van der Waals surface area contributed by atoms with Gasteiger partial charge in [0.25, 0.3) is 5.91 Å². The van der Waals surface area contributed by atoms with Crippen LogP contribution in [-0.2, 0) is 19.6 Å². The van der Waals surface area contributed by atoms with Crippen molar-refractivity contribution >= 4 is 21.9 Å². The van der Waals surface area contributed by atoms with Crippen molar-refractivity contribution in [2.45, 2.75) is 63.3 Å². The Morgan fingerprint density at radius 3 is 2.37 bits per heavy atom. The Morgan fingerprint density at radius 1 is 1.03 bits per heavy atom. The van der Waals surface area contributed by atoms with Crippen LogP contribution < -0.4 is 5.32 Å². The van der Waals surface area contributed by atoms with E-state index in [1.165, 1.54) is 35.0 Å². The standard InChI is InChI=1S/C22H32N2O5S/c1-16-7-6-8-20(17(16)2)23-21(25)15-29-22(26)18-9-11-19(12-10-18)30(27,28)24-13-4-3-5-14-24/h9-12,16-17,20H,3-8,13-15H2,1-2H3,(H,23,25)/t16-,17+,20+/m1/s1. The number of nitrogens with zero attached hydrogens (tertiary/aromatic N) is 1. The van der Waals surface area contributed by atoms with E-state index in [4.69, 9.17) is 4.74 Å². The number of benzene rings is 1. The number of amides is 1. The number of esters is 1. The smallest absolute Gasteiger partial charge is 0.338 e. The Morgan fingerprint density at radius 2 is 1.70 bits per heavy atom. The Bertz CT molecular complexity index is 847. The largest absolute Gasteiger partial charge is 0.452 e. The summed E-state index contributed by atoms with van der Waals surface area (Å²) in [6.07, 6.45) is 5.98. The highest BCUT2D eigenvalue weighted by atomic mass is 32.2. The second kappa shape index (κ2) is 9.92. The monoisotopic (exact) mass is 436 g/mol. The molecule has 1 aromatic carbocycles. The molecule has 1 aliphatic heterocycles. The molecule has 1 aromatic rings. The van der Waals surface area contributed by atoms with Gasteiger partial charge in [0.15, 0.2) is 6.61 Å². The summed E-state index contributed by atoms with van der Waals surface area (Å²) >= 11 is 0. The molecule has 0 bridgehead atoms. The molecule has 1 saturated carbocycles. The van der Waals surface area contributed by atoms with E-state index in [-0.39, 0.29) is 29.0 Å². The molecule has 1 heterocycles. The first kappa shape index (κ1) is 22.7. The second-order valence-corrected chi connectivity index (χ2v) is 10.4. The molecule has 1 saturated heterocycles. The van der Waals surface area contributed by atoms with Crippen LogP contribution in [-0.4, -0.2) is 50.3 Å². The molecule has 166 valence electrons. The second-order valence-electron chi connectivity index (χ2n) is 8.51. The number of hydrogen-bond donors (Lipinski definition) is 1. The zero-order valence-corrected chi connectivity index (χ0v) is 18.6. The summed E-state index contributed by atoms with van der Waals surface area (Å²) in [5.74, 6) is 0.00913. The van der Waals surface area contributed by atoms with Crippen molar-refractivity contribution in [1.82, 2.24) is 9.62 Å². The molecule has 8 heteroatoms. The third kappa shape index (κ3) is 5.40. The van der Waals surface area contributed by atoms with Crippen molar-refractivity contribution in [2.75, 3.05) is 19.7 Å². The van der Waals surface area contributed by atoms with Gasteiger partial charge in [0.05, 0.1) is 10.5 Å². The molecule has 7 nitrogen and oxygen atoms in total. The number of sulfonamides is 1. The molecular weight excluding hydrogens is 404 g/mol. The lowest BCUT2D eigenvalue weighted by atomic mass is 9.78. The molecule has 30 heavy (non-hydrogen) atoms. The van der Waals surface area contributed by atoms with Crippen molar-refractivity contribution in [3.8, 4) is 0 Å². The number of rotatable bonds is 6. The first-order valence-electron chi connectivity index (χ1n) is 10.9. The molecule has 2 aliphatic rings. The average molecular weight is 437 g/mol. The zero-order valence-electron chi connectivity index (χ0n) is 17.8. The summed E-state index contributed by atoms with van der Waals surface area (Å²) in [5.41, 5.74) is 0.222. The van der Waals surface area contributed by atoms with Crippen LogP contribution in [0.4, 0.5) is 0 Å². The summed E-state index contributed by atoms with van der Waals surface area (Å²) in [4.78, 5) is 24.6. The molecule has 0 radical (unpaired) electrons. The van der Waals surface area contributed by atoms with E-state index in [1.807, 2.05) is 0 Å². The summed E-state index contributed by atoms with van der Waals surface area (Å²) in [7, 11) is -3.54. The van der Waals surface area contributed by atoms with Crippen LogP contribution in [0.1, 0.15) is 62.7 Å². The molecule has 1 aliphatic carbocycles. The van der Waals surface area contributed by atoms with Gasteiger partial charge in [-0.15, -0.1) is 0 Å². The van der Waals surface area contributed by atoms with Crippen molar-refractivity contribution in [2.24, 2.45) is 11.8 Å². The molecule has 1 N–H and O–H groups in total. The van der Waals surface area contributed by atoms with Gasteiger partial charge >= 0.3 is 5.97 Å². The van der Waals surface area contributed by atoms with E-state index >= 15 is 0 Å². The summed E-state index contributed by atoms with van der Waals surface area (Å²) in [6, 6.07) is 5.82. The molecular formula is C22H32N2O5S. The van der Waals surface area contributed by atoms with E-state index in [2.05, 4.69) is 19.2 Å². The molecule has 1 amide bonds. The van der Waals surface area contributed by atoms with Gasteiger partial charge in [-0.2, -0.15) is 4.31 Å². The zero-order chi connectivity index (χ0) is 21.7. The molecule has 3 rings (SSSR count). The lowest BCUT2D eigenvalue weighted by molar-refractivity contribution is -0.125. The van der Waals surface area contributed by atoms with Gasteiger partial charge in [-0.3, -0.25) is 4.79 Å². The SMILES string of the molecule is C[C@H]1[C@H](C)CCC[C@@H]1NC(=O)COC(=O)c1ccc(S(=O)(=O)N2CCCCC2)cc1. The number of piperidine rings is 1. The van der Waals surface area contributed by atoms with Crippen LogP contribution in [0.3, 0.4) is 0 Å². The van der Waals surface area contributed by atoms with Gasteiger partial charge in [0, 0.05) is 19.1 Å².